The lowest BCUT2D eigenvalue weighted by Crippen LogP contribution is -2.11. The van der Waals surface area contributed by atoms with Gasteiger partial charge >= 0.3 is 0 Å². The lowest BCUT2D eigenvalue weighted by Gasteiger charge is -2.06. The molecule has 1 amide bonds. The van der Waals surface area contributed by atoms with E-state index in [4.69, 9.17) is 28.9 Å². The molecule has 0 saturated carbocycles. The van der Waals surface area contributed by atoms with Gasteiger partial charge < -0.3 is 10.8 Å². The second-order valence-corrected chi connectivity index (χ2v) is 4.54. The van der Waals surface area contributed by atoms with Gasteiger partial charge in [0.2, 0.25) is 5.91 Å². The highest BCUT2D eigenvalue weighted by atomic mass is 35.5. The van der Waals surface area contributed by atoms with Crippen LogP contribution in [-0.2, 0) is 0 Å². The summed E-state index contributed by atoms with van der Waals surface area (Å²) in [5.74, 6) is -0.587. The van der Waals surface area contributed by atoms with Gasteiger partial charge in [0.15, 0.2) is 0 Å². The van der Waals surface area contributed by atoms with Crippen LogP contribution in [0.1, 0.15) is 10.4 Å². The Kier molecular flexibility index (Phi) is 3.45. The maximum atomic E-state index is 11.2. The minimum atomic E-state index is -0.591. The zero-order valence-corrected chi connectivity index (χ0v) is 10.7. The van der Waals surface area contributed by atoms with Crippen LogP contribution in [0.3, 0.4) is 0 Å². The van der Waals surface area contributed by atoms with Crippen LogP contribution >= 0.6 is 23.2 Å². The average molecular weight is 282 g/mol. The number of primary amides is 1. The lowest BCUT2D eigenvalue weighted by molar-refractivity contribution is 0.100. The van der Waals surface area contributed by atoms with Gasteiger partial charge in [0.05, 0.1) is 15.6 Å². The maximum absolute atomic E-state index is 11.2. The molecule has 0 saturated heterocycles. The number of hydrogen-bond acceptors (Lipinski definition) is 2. The normalized spacial score (nSPS) is 10.3. The Balaban J connectivity index is 2.54. The van der Waals surface area contributed by atoms with E-state index in [0.29, 0.717) is 5.02 Å². The van der Waals surface area contributed by atoms with Gasteiger partial charge in [-0.2, -0.15) is 0 Å². The highest BCUT2D eigenvalue weighted by Gasteiger charge is 2.09. The molecule has 18 heavy (non-hydrogen) atoms. The van der Waals surface area contributed by atoms with Crippen molar-refractivity contribution in [1.29, 1.82) is 0 Å². The molecule has 3 nitrogen and oxygen atoms in total. The van der Waals surface area contributed by atoms with Crippen LogP contribution < -0.4 is 5.73 Å². The van der Waals surface area contributed by atoms with Crippen LogP contribution in [-0.4, -0.2) is 11.0 Å². The summed E-state index contributed by atoms with van der Waals surface area (Å²) >= 11 is 11.7. The second-order valence-electron chi connectivity index (χ2n) is 3.73. The topological polar surface area (TPSA) is 63.3 Å². The molecular weight excluding hydrogens is 273 g/mol. The summed E-state index contributed by atoms with van der Waals surface area (Å²) in [6.45, 7) is 0. The third-order valence-corrected chi connectivity index (χ3v) is 3.15. The summed E-state index contributed by atoms with van der Waals surface area (Å²) in [5, 5.41) is 9.89. The van der Waals surface area contributed by atoms with Crippen molar-refractivity contribution in [3.63, 3.8) is 0 Å². The van der Waals surface area contributed by atoms with Crippen LogP contribution in [0.4, 0.5) is 0 Å². The molecule has 3 N–H and O–H groups in total. The molecule has 2 aromatic carbocycles. The predicted molar refractivity (Wildman–Crippen MR) is 72.1 cm³/mol. The standard InChI is InChI=1S/C13H9Cl2NO2/c14-10-3-1-7(5-9(10)13(16)18)8-2-4-12(17)11(15)6-8/h1-6,17H,(H2,16,18). The van der Waals surface area contributed by atoms with Crippen molar-refractivity contribution < 1.29 is 9.90 Å². The fraction of sp³-hybridized carbons (Fsp3) is 0. The first kappa shape index (κ1) is 12.7. The monoisotopic (exact) mass is 281 g/mol. The van der Waals surface area contributed by atoms with Gasteiger partial charge in [-0.1, -0.05) is 35.3 Å². The third-order valence-electron chi connectivity index (χ3n) is 2.51. The molecule has 0 aromatic heterocycles. The zero-order valence-electron chi connectivity index (χ0n) is 9.15. The summed E-state index contributed by atoms with van der Waals surface area (Å²) in [7, 11) is 0. The van der Waals surface area contributed by atoms with Gasteiger partial charge in [-0.25, -0.2) is 0 Å². The predicted octanol–water partition coefficient (Wildman–Crippen LogP) is 3.46. The van der Waals surface area contributed by atoms with E-state index in [1.807, 2.05) is 0 Å². The molecule has 0 spiro atoms. The Morgan fingerprint density at radius 1 is 1.00 bits per heavy atom. The molecule has 0 radical (unpaired) electrons. The number of carbonyl (C=O) groups is 1. The fourth-order valence-electron chi connectivity index (χ4n) is 1.58. The van der Waals surface area contributed by atoms with Crippen molar-refractivity contribution in [2.24, 2.45) is 5.73 Å². The molecule has 2 rings (SSSR count). The smallest absolute Gasteiger partial charge is 0.250 e. The first-order chi connectivity index (χ1) is 8.49. The van der Waals surface area contributed by atoms with E-state index in [1.54, 1.807) is 30.3 Å². The number of nitrogens with two attached hydrogens (primary N) is 1. The van der Waals surface area contributed by atoms with E-state index >= 15 is 0 Å². The molecule has 0 unspecified atom stereocenters. The van der Waals surface area contributed by atoms with E-state index < -0.39 is 5.91 Å². The van der Waals surface area contributed by atoms with Gasteiger partial charge in [0.25, 0.3) is 0 Å². The fourth-order valence-corrected chi connectivity index (χ4v) is 1.97. The SMILES string of the molecule is NC(=O)c1cc(-c2ccc(O)c(Cl)c2)ccc1Cl. The first-order valence-electron chi connectivity index (χ1n) is 5.07. The average Bonchev–Trinajstić information content (AvgIpc) is 2.33. The van der Waals surface area contributed by atoms with Gasteiger partial charge in [-0.15, -0.1) is 0 Å². The van der Waals surface area contributed by atoms with Gasteiger partial charge in [-0.3, -0.25) is 4.79 Å². The molecule has 0 aliphatic rings. The van der Waals surface area contributed by atoms with E-state index in [0.717, 1.165) is 11.1 Å². The van der Waals surface area contributed by atoms with E-state index in [1.165, 1.54) is 6.07 Å². The maximum Gasteiger partial charge on any atom is 0.250 e. The highest BCUT2D eigenvalue weighted by molar-refractivity contribution is 6.34. The number of carbonyl (C=O) groups excluding carboxylic acids is 1. The van der Waals surface area contributed by atoms with Crippen LogP contribution in [0, 0.1) is 0 Å². The summed E-state index contributed by atoms with van der Waals surface area (Å²) in [5.41, 5.74) is 6.98. The second kappa shape index (κ2) is 4.88. The molecule has 2 aromatic rings. The Bertz CT molecular complexity index is 626. The van der Waals surface area contributed by atoms with Crippen molar-refractivity contribution in [2.45, 2.75) is 0 Å². The Hall–Kier alpha value is -1.71. The third kappa shape index (κ3) is 2.42. The Morgan fingerprint density at radius 2 is 1.61 bits per heavy atom. The molecule has 0 aliphatic carbocycles. The number of phenolic OH excluding ortho intramolecular Hbond substituents is 1. The minimum absolute atomic E-state index is 0.00417. The van der Waals surface area contributed by atoms with E-state index in [-0.39, 0.29) is 16.3 Å². The molecular formula is C13H9Cl2NO2. The van der Waals surface area contributed by atoms with Gasteiger partial charge in [-0.05, 0) is 35.4 Å². The van der Waals surface area contributed by atoms with Crippen molar-refractivity contribution in [2.75, 3.05) is 0 Å². The quantitative estimate of drug-likeness (QED) is 0.885. The molecule has 0 atom stereocenters. The number of aromatic hydroxyl groups is 1. The summed E-state index contributed by atoms with van der Waals surface area (Å²) in [6.07, 6.45) is 0. The highest BCUT2D eigenvalue weighted by Crippen LogP contribution is 2.31. The summed E-state index contributed by atoms with van der Waals surface area (Å²) in [6, 6.07) is 9.71. The van der Waals surface area contributed by atoms with Crippen molar-refractivity contribution in [3.8, 4) is 16.9 Å². The molecule has 0 fully saturated rings. The van der Waals surface area contributed by atoms with Crippen LogP contribution in [0.2, 0.25) is 10.0 Å². The zero-order chi connectivity index (χ0) is 13.3. The number of benzene rings is 2. The lowest BCUT2D eigenvalue weighted by atomic mass is 10.0. The van der Waals surface area contributed by atoms with Crippen LogP contribution in [0.5, 0.6) is 5.75 Å². The Morgan fingerprint density at radius 3 is 2.22 bits per heavy atom. The minimum Gasteiger partial charge on any atom is -0.506 e. The summed E-state index contributed by atoms with van der Waals surface area (Å²) < 4.78 is 0. The number of phenols is 1. The number of rotatable bonds is 2. The van der Waals surface area contributed by atoms with Crippen LogP contribution in [0.15, 0.2) is 36.4 Å². The van der Waals surface area contributed by atoms with Crippen LogP contribution in [0.25, 0.3) is 11.1 Å². The molecule has 5 heteroatoms. The molecule has 0 aliphatic heterocycles. The van der Waals surface area contributed by atoms with Crippen molar-refractivity contribution in [3.05, 3.63) is 52.0 Å². The largest absolute Gasteiger partial charge is 0.506 e. The van der Waals surface area contributed by atoms with E-state index in [2.05, 4.69) is 0 Å². The Labute approximate surface area is 114 Å². The van der Waals surface area contributed by atoms with Gasteiger partial charge in [0.1, 0.15) is 5.75 Å². The van der Waals surface area contributed by atoms with Crippen molar-refractivity contribution >= 4 is 29.1 Å². The number of halogens is 2. The molecule has 0 bridgehead atoms. The summed E-state index contributed by atoms with van der Waals surface area (Å²) in [4.78, 5) is 11.2. The van der Waals surface area contributed by atoms with Gasteiger partial charge in [0, 0.05) is 0 Å². The first-order valence-corrected chi connectivity index (χ1v) is 5.83. The molecule has 92 valence electrons. The number of amides is 1. The van der Waals surface area contributed by atoms with Crippen molar-refractivity contribution in [1.82, 2.24) is 0 Å². The molecule has 0 heterocycles. The number of hydrogen-bond donors (Lipinski definition) is 2. The van der Waals surface area contributed by atoms with E-state index in [9.17, 15) is 9.90 Å².